The van der Waals surface area contributed by atoms with Crippen LogP contribution in [-0.2, 0) is 0 Å². The van der Waals surface area contributed by atoms with Crippen molar-refractivity contribution >= 4 is 28.5 Å². The molecule has 1 aromatic carbocycles. The summed E-state index contributed by atoms with van der Waals surface area (Å²) >= 11 is 0. The van der Waals surface area contributed by atoms with Gasteiger partial charge in [-0.05, 0) is 29.8 Å². The van der Waals surface area contributed by atoms with Crippen molar-refractivity contribution in [2.24, 2.45) is 0 Å². The first-order valence-corrected chi connectivity index (χ1v) is 6.86. The minimum atomic E-state index is -1.03. The van der Waals surface area contributed by atoms with Gasteiger partial charge in [0.05, 0.1) is 11.1 Å². The summed E-state index contributed by atoms with van der Waals surface area (Å²) in [6.07, 6.45) is 3.34. The van der Waals surface area contributed by atoms with Crippen LogP contribution in [-0.4, -0.2) is 30.7 Å². The van der Waals surface area contributed by atoms with Gasteiger partial charge < -0.3 is 10.8 Å². The minimum Gasteiger partial charge on any atom is -0.478 e. The van der Waals surface area contributed by atoms with Gasteiger partial charge >= 0.3 is 5.97 Å². The number of rotatable bonds is 2. The van der Waals surface area contributed by atoms with Gasteiger partial charge in [-0.1, -0.05) is 12.1 Å². The Hall–Kier alpha value is -3.48. The highest BCUT2D eigenvalue weighted by molar-refractivity contribution is 5.98. The molecule has 23 heavy (non-hydrogen) atoms. The number of anilines is 1. The SMILES string of the molecule is Nc1nc2cc(C(=O)O)c(-c3ccc4ncccc4c3)cn2n1. The fourth-order valence-electron chi connectivity index (χ4n) is 2.59. The average molecular weight is 305 g/mol. The lowest BCUT2D eigenvalue weighted by atomic mass is 10.0. The van der Waals surface area contributed by atoms with E-state index in [1.165, 1.54) is 10.6 Å². The Bertz CT molecular complexity index is 1070. The number of aromatic nitrogens is 4. The molecule has 0 aliphatic rings. The van der Waals surface area contributed by atoms with Gasteiger partial charge in [-0.2, -0.15) is 4.98 Å². The Morgan fingerprint density at radius 2 is 2.09 bits per heavy atom. The third-order valence-corrected chi connectivity index (χ3v) is 3.63. The van der Waals surface area contributed by atoms with E-state index in [0.29, 0.717) is 11.2 Å². The van der Waals surface area contributed by atoms with Gasteiger partial charge in [0.25, 0.3) is 0 Å². The number of nitrogens with zero attached hydrogens (tertiary/aromatic N) is 4. The van der Waals surface area contributed by atoms with Crippen molar-refractivity contribution in [1.29, 1.82) is 0 Å². The number of carbonyl (C=O) groups is 1. The second kappa shape index (κ2) is 4.77. The summed E-state index contributed by atoms with van der Waals surface area (Å²) in [5.41, 5.74) is 8.27. The Morgan fingerprint density at radius 1 is 1.22 bits per heavy atom. The molecule has 0 bridgehead atoms. The molecule has 7 nitrogen and oxygen atoms in total. The molecular weight excluding hydrogens is 294 g/mol. The van der Waals surface area contributed by atoms with E-state index >= 15 is 0 Å². The number of fused-ring (bicyclic) bond motifs is 2. The van der Waals surface area contributed by atoms with E-state index in [9.17, 15) is 9.90 Å². The molecule has 3 heterocycles. The van der Waals surface area contributed by atoms with Gasteiger partial charge in [-0.15, -0.1) is 5.10 Å². The molecule has 0 unspecified atom stereocenters. The van der Waals surface area contributed by atoms with E-state index in [0.717, 1.165) is 16.5 Å². The first kappa shape index (κ1) is 13.2. The molecular formula is C16H11N5O2. The third-order valence-electron chi connectivity index (χ3n) is 3.63. The molecule has 4 aromatic rings. The van der Waals surface area contributed by atoms with Crippen LogP contribution < -0.4 is 5.73 Å². The van der Waals surface area contributed by atoms with Gasteiger partial charge in [-0.25, -0.2) is 9.31 Å². The molecule has 0 radical (unpaired) electrons. The van der Waals surface area contributed by atoms with Crippen LogP contribution in [0.3, 0.4) is 0 Å². The maximum absolute atomic E-state index is 11.6. The molecule has 0 fully saturated rings. The number of benzene rings is 1. The lowest BCUT2D eigenvalue weighted by Crippen LogP contribution is -2.02. The molecule has 0 aliphatic heterocycles. The summed E-state index contributed by atoms with van der Waals surface area (Å²) in [6, 6.07) is 10.8. The Kier molecular flexibility index (Phi) is 2.74. The normalized spacial score (nSPS) is 11.1. The molecule has 4 rings (SSSR count). The molecule has 112 valence electrons. The maximum atomic E-state index is 11.6. The van der Waals surface area contributed by atoms with Gasteiger partial charge in [0, 0.05) is 23.3 Å². The predicted molar refractivity (Wildman–Crippen MR) is 85.1 cm³/mol. The summed E-state index contributed by atoms with van der Waals surface area (Å²) in [5.74, 6) is -0.934. The van der Waals surface area contributed by atoms with Gasteiger partial charge in [-0.3, -0.25) is 4.98 Å². The summed E-state index contributed by atoms with van der Waals surface area (Å²) in [6.45, 7) is 0. The monoisotopic (exact) mass is 305 g/mol. The second-order valence-electron chi connectivity index (χ2n) is 5.09. The zero-order valence-corrected chi connectivity index (χ0v) is 11.8. The molecule has 0 saturated heterocycles. The summed E-state index contributed by atoms with van der Waals surface area (Å²) in [4.78, 5) is 19.9. The molecule has 7 heteroatoms. The molecule has 0 saturated carbocycles. The van der Waals surface area contributed by atoms with Crippen LogP contribution in [0.15, 0.2) is 48.8 Å². The quantitative estimate of drug-likeness (QED) is 0.588. The van der Waals surface area contributed by atoms with E-state index < -0.39 is 5.97 Å². The van der Waals surface area contributed by atoms with Crippen molar-refractivity contribution in [2.75, 3.05) is 5.73 Å². The van der Waals surface area contributed by atoms with Crippen LogP contribution in [0.2, 0.25) is 0 Å². The van der Waals surface area contributed by atoms with E-state index in [-0.39, 0.29) is 11.5 Å². The minimum absolute atomic E-state index is 0.0983. The number of nitrogen functional groups attached to an aromatic ring is 1. The second-order valence-corrected chi connectivity index (χ2v) is 5.09. The number of carboxylic acid groups (broad SMARTS) is 1. The van der Waals surface area contributed by atoms with Crippen LogP contribution in [0.25, 0.3) is 27.7 Å². The standard InChI is InChI=1S/C16H11N5O2/c17-16-19-14-7-11(15(22)23)12(8-21(14)20-16)9-3-4-13-10(6-9)2-1-5-18-13/h1-8H,(H2,17,20)(H,22,23). The largest absolute Gasteiger partial charge is 0.478 e. The topological polar surface area (TPSA) is 106 Å². The first-order valence-electron chi connectivity index (χ1n) is 6.86. The van der Waals surface area contributed by atoms with Gasteiger partial charge in [0.2, 0.25) is 5.95 Å². The Balaban J connectivity index is 2.01. The van der Waals surface area contributed by atoms with Crippen molar-refractivity contribution in [3.63, 3.8) is 0 Å². The maximum Gasteiger partial charge on any atom is 0.336 e. The lowest BCUT2D eigenvalue weighted by Gasteiger charge is -2.08. The van der Waals surface area contributed by atoms with E-state index in [4.69, 9.17) is 5.73 Å². The summed E-state index contributed by atoms with van der Waals surface area (Å²) < 4.78 is 1.48. The summed E-state index contributed by atoms with van der Waals surface area (Å²) in [7, 11) is 0. The molecule has 0 aliphatic carbocycles. The third kappa shape index (κ3) is 2.15. The predicted octanol–water partition coefficient (Wildman–Crippen LogP) is 2.22. The fraction of sp³-hybridized carbons (Fsp3) is 0. The number of pyridine rings is 2. The zero-order chi connectivity index (χ0) is 16.0. The number of nitrogens with two attached hydrogens (primary N) is 1. The molecule has 0 spiro atoms. The van der Waals surface area contributed by atoms with Gasteiger partial charge in [0.15, 0.2) is 5.65 Å². The van der Waals surface area contributed by atoms with E-state index in [1.807, 2.05) is 30.3 Å². The van der Waals surface area contributed by atoms with Crippen molar-refractivity contribution in [1.82, 2.24) is 19.6 Å². The highest BCUT2D eigenvalue weighted by Gasteiger charge is 2.15. The number of hydrogen-bond donors (Lipinski definition) is 2. The summed E-state index contributed by atoms with van der Waals surface area (Å²) in [5, 5.41) is 14.5. The zero-order valence-electron chi connectivity index (χ0n) is 11.8. The highest BCUT2D eigenvalue weighted by atomic mass is 16.4. The Morgan fingerprint density at radius 3 is 2.91 bits per heavy atom. The number of carboxylic acids is 1. The van der Waals surface area contributed by atoms with Crippen LogP contribution in [0.4, 0.5) is 5.95 Å². The van der Waals surface area contributed by atoms with Crippen molar-refractivity contribution in [3.05, 3.63) is 54.4 Å². The molecule has 3 aromatic heterocycles. The van der Waals surface area contributed by atoms with Crippen LogP contribution >= 0.6 is 0 Å². The molecule has 0 atom stereocenters. The van der Waals surface area contributed by atoms with Gasteiger partial charge in [0.1, 0.15) is 0 Å². The van der Waals surface area contributed by atoms with Crippen LogP contribution in [0.5, 0.6) is 0 Å². The Labute approximate surface area is 130 Å². The molecule has 0 amide bonds. The van der Waals surface area contributed by atoms with Crippen molar-refractivity contribution < 1.29 is 9.90 Å². The smallest absolute Gasteiger partial charge is 0.336 e. The van der Waals surface area contributed by atoms with Crippen molar-refractivity contribution in [2.45, 2.75) is 0 Å². The number of aromatic carboxylic acids is 1. The number of hydrogen-bond acceptors (Lipinski definition) is 5. The lowest BCUT2D eigenvalue weighted by molar-refractivity contribution is 0.0697. The van der Waals surface area contributed by atoms with Crippen molar-refractivity contribution in [3.8, 4) is 11.1 Å². The highest BCUT2D eigenvalue weighted by Crippen LogP contribution is 2.27. The first-order chi connectivity index (χ1) is 11.1. The molecule has 3 N–H and O–H groups in total. The fourth-order valence-corrected chi connectivity index (χ4v) is 2.59. The average Bonchev–Trinajstić information content (AvgIpc) is 2.92. The van der Waals surface area contributed by atoms with E-state index in [2.05, 4.69) is 15.1 Å². The van der Waals surface area contributed by atoms with E-state index in [1.54, 1.807) is 12.4 Å². The van der Waals surface area contributed by atoms with Crippen LogP contribution in [0, 0.1) is 0 Å². The van der Waals surface area contributed by atoms with Crippen LogP contribution in [0.1, 0.15) is 10.4 Å².